The maximum atomic E-state index is 12.2. The molecule has 2 aromatic carbocycles. The molecule has 0 fully saturated rings. The second kappa shape index (κ2) is 19.3. The fraction of sp³-hybridized carbons (Fsp3) is 0.483. The van der Waals surface area contributed by atoms with Gasteiger partial charge in [0.15, 0.2) is 12.7 Å². The summed E-state index contributed by atoms with van der Waals surface area (Å²) in [7, 11) is 0. The Labute approximate surface area is 240 Å². The highest BCUT2D eigenvalue weighted by molar-refractivity contribution is 6.39. The summed E-state index contributed by atoms with van der Waals surface area (Å²) in [5.74, 6) is -4.16. The molecule has 0 aliphatic heterocycles. The highest BCUT2D eigenvalue weighted by atomic mass is 35.5. The predicted molar refractivity (Wildman–Crippen MR) is 154 cm³/mol. The minimum atomic E-state index is -1.23. The molecule has 216 valence electrons. The zero-order valence-corrected chi connectivity index (χ0v) is 24.3. The number of esters is 1. The molecular formula is C29H39Cl2NO7. The number of halogens is 2. The maximum absolute atomic E-state index is 12.2. The predicted octanol–water partition coefficient (Wildman–Crippen LogP) is 8.11. The molecule has 0 radical (unpaired) electrons. The second-order valence-corrected chi connectivity index (χ2v) is 9.69. The van der Waals surface area contributed by atoms with Crippen molar-refractivity contribution in [2.45, 2.75) is 72.1 Å². The lowest BCUT2D eigenvalue weighted by Crippen LogP contribution is -2.23. The van der Waals surface area contributed by atoms with E-state index >= 15 is 0 Å². The number of ether oxygens (including phenoxy) is 2. The first kappa shape index (κ1) is 34.2. The average molecular weight is 585 g/mol. The van der Waals surface area contributed by atoms with E-state index in [1.54, 1.807) is 30.3 Å². The van der Waals surface area contributed by atoms with Crippen molar-refractivity contribution in [3.8, 4) is 0 Å². The molecule has 0 heterocycles. The summed E-state index contributed by atoms with van der Waals surface area (Å²) in [5, 5.41) is 21.4. The lowest BCUT2D eigenvalue weighted by atomic mass is 10.0. The van der Waals surface area contributed by atoms with Crippen LogP contribution in [0.15, 0.2) is 36.4 Å². The van der Waals surface area contributed by atoms with Crippen LogP contribution in [0.5, 0.6) is 0 Å². The van der Waals surface area contributed by atoms with Gasteiger partial charge in [-0.15, -0.1) is 0 Å². The molecule has 0 bridgehead atoms. The summed E-state index contributed by atoms with van der Waals surface area (Å²) in [4.78, 5) is 33.3. The summed E-state index contributed by atoms with van der Waals surface area (Å²) in [5.41, 5.74) is 2.37. The Morgan fingerprint density at radius 1 is 0.897 bits per heavy atom. The van der Waals surface area contributed by atoms with Crippen molar-refractivity contribution in [1.29, 1.82) is 0 Å². The number of rotatable bonds is 16. The summed E-state index contributed by atoms with van der Waals surface area (Å²) in [6.45, 7) is 6.25. The van der Waals surface area contributed by atoms with Crippen LogP contribution in [-0.2, 0) is 19.1 Å². The van der Waals surface area contributed by atoms with Crippen LogP contribution in [0.3, 0.4) is 0 Å². The third kappa shape index (κ3) is 12.7. The monoisotopic (exact) mass is 583 g/mol. The number of carboxylic acid groups (broad SMARTS) is 2. The van der Waals surface area contributed by atoms with Gasteiger partial charge in [-0.3, -0.25) is 9.59 Å². The molecule has 0 amide bonds. The SMILES string of the molecule is CCCCCCCCCC(C(=O)O)C(=O)O.CCOCOC(=O)c1ccccc1Nc1c(Cl)ccc(C)c1Cl. The van der Waals surface area contributed by atoms with E-state index in [-0.39, 0.29) is 13.2 Å². The molecule has 3 N–H and O–H groups in total. The number of carboxylic acids is 2. The van der Waals surface area contributed by atoms with Crippen molar-refractivity contribution in [2.24, 2.45) is 5.92 Å². The molecule has 0 saturated heterocycles. The lowest BCUT2D eigenvalue weighted by molar-refractivity contribution is -0.154. The number of benzene rings is 2. The van der Waals surface area contributed by atoms with Gasteiger partial charge in [0.1, 0.15) is 0 Å². The van der Waals surface area contributed by atoms with Gasteiger partial charge in [-0.05, 0) is 44.0 Å². The van der Waals surface area contributed by atoms with E-state index in [2.05, 4.69) is 12.2 Å². The normalized spacial score (nSPS) is 10.5. The number of aryl methyl sites for hydroxylation is 1. The highest BCUT2D eigenvalue weighted by Gasteiger charge is 2.24. The Kier molecular flexibility index (Phi) is 16.9. The Hall–Kier alpha value is -2.81. The lowest BCUT2D eigenvalue weighted by Gasteiger charge is -2.15. The molecule has 2 rings (SSSR count). The topological polar surface area (TPSA) is 122 Å². The van der Waals surface area contributed by atoms with Crippen LogP contribution in [0.2, 0.25) is 10.0 Å². The molecule has 0 unspecified atom stereocenters. The van der Waals surface area contributed by atoms with Crippen molar-refractivity contribution < 1.29 is 34.1 Å². The third-order valence-corrected chi connectivity index (χ3v) is 6.66. The molecule has 0 spiro atoms. The van der Waals surface area contributed by atoms with Crippen molar-refractivity contribution >= 4 is 52.5 Å². The Morgan fingerprint density at radius 2 is 1.51 bits per heavy atom. The zero-order valence-electron chi connectivity index (χ0n) is 22.8. The van der Waals surface area contributed by atoms with Gasteiger partial charge in [0, 0.05) is 6.61 Å². The van der Waals surface area contributed by atoms with Crippen molar-refractivity contribution in [3.05, 3.63) is 57.6 Å². The number of nitrogens with one attached hydrogen (secondary N) is 1. The van der Waals surface area contributed by atoms with Gasteiger partial charge in [-0.2, -0.15) is 0 Å². The fourth-order valence-corrected chi connectivity index (χ4v) is 4.06. The Bertz CT molecular complexity index is 1050. The molecule has 10 heteroatoms. The first-order chi connectivity index (χ1) is 18.6. The smallest absolute Gasteiger partial charge is 0.342 e. The quantitative estimate of drug-likeness (QED) is 0.0783. The number of carbonyl (C=O) groups excluding carboxylic acids is 1. The molecule has 0 aromatic heterocycles. The van der Waals surface area contributed by atoms with Gasteiger partial charge in [0.2, 0.25) is 0 Å². The van der Waals surface area contributed by atoms with Gasteiger partial charge in [-0.1, -0.05) is 93.3 Å². The summed E-state index contributed by atoms with van der Waals surface area (Å²) < 4.78 is 10.1. The molecule has 2 aromatic rings. The van der Waals surface area contributed by atoms with Crippen molar-refractivity contribution in [3.63, 3.8) is 0 Å². The summed E-state index contributed by atoms with van der Waals surface area (Å²) >= 11 is 12.5. The molecule has 0 aliphatic rings. The Morgan fingerprint density at radius 3 is 2.13 bits per heavy atom. The number of anilines is 2. The second-order valence-electron chi connectivity index (χ2n) is 8.91. The number of hydrogen-bond acceptors (Lipinski definition) is 6. The van der Waals surface area contributed by atoms with E-state index in [1.807, 2.05) is 19.9 Å². The van der Waals surface area contributed by atoms with Gasteiger partial charge in [0.05, 0.1) is 27.0 Å². The van der Waals surface area contributed by atoms with Crippen molar-refractivity contribution in [2.75, 3.05) is 18.7 Å². The largest absolute Gasteiger partial charge is 0.481 e. The third-order valence-electron chi connectivity index (χ3n) is 5.86. The molecule has 39 heavy (non-hydrogen) atoms. The van der Waals surface area contributed by atoms with Gasteiger partial charge in [-0.25, -0.2) is 4.79 Å². The number of para-hydroxylation sites is 1. The van der Waals surface area contributed by atoms with E-state index in [1.165, 1.54) is 25.7 Å². The summed E-state index contributed by atoms with van der Waals surface area (Å²) in [6, 6.07) is 10.6. The Balaban J connectivity index is 0.000000420. The minimum absolute atomic E-state index is 0.0877. The number of aliphatic carboxylic acids is 2. The van der Waals surface area contributed by atoms with Crippen LogP contribution < -0.4 is 5.32 Å². The number of carbonyl (C=O) groups is 3. The molecule has 0 aliphatic carbocycles. The van der Waals surface area contributed by atoms with Gasteiger partial charge < -0.3 is 25.0 Å². The van der Waals surface area contributed by atoms with Crippen LogP contribution in [0.4, 0.5) is 11.4 Å². The van der Waals surface area contributed by atoms with Crippen LogP contribution in [0.25, 0.3) is 0 Å². The highest BCUT2D eigenvalue weighted by Crippen LogP contribution is 2.36. The average Bonchev–Trinajstić information content (AvgIpc) is 2.90. The van der Waals surface area contributed by atoms with Crippen LogP contribution in [-0.4, -0.2) is 41.5 Å². The van der Waals surface area contributed by atoms with E-state index in [0.717, 1.165) is 18.4 Å². The first-order valence-corrected chi connectivity index (χ1v) is 13.9. The minimum Gasteiger partial charge on any atom is -0.481 e. The van der Waals surface area contributed by atoms with E-state index in [4.69, 9.17) is 42.9 Å². The number of hydrogen-bond donors (Lipinski definition) is 3. The van der Waals surface area contributed by atoms with Gasteiger partial charge >= 0.3 is 17.9 Å². The van der Waals surface area contributed by atoms with Crippen LogP contribution in [0, 0.1) is 12.8 Å². The van der Waals surface area contributed by atoms with Gasteiger partial charge in [0.25, 0.3) is 0 Å². The fourth-order valence-electron chi connectivity index (χ4n) is 3.59. The molecular weight excluding hydrogens is 545 g/mol. The number of unbranched alkanes of at least 4 members (excludes halogenated alkanes) is 6. The van der Waals surface area contributed by atoms with Crippen LogP contribution >= 0.6 is 23.2 Å². The molecule has 0 atom stereocenters. The zero-order chi connectivity index (χ0) is 29.2. The van der Waals surface area contributed by atoms with E-state index in [9.17, 15) is 14.4 Å². The molecule has 8 nitrogen and oxygen atoms in total. The maximum Gasteiger partial charge on any atom is 0.342 e. The first-order valence-electron chi connectivity index (χ1n) is 13.1. The van der Waals surface area contributed by atoms with Crippen molar-refractivity contribution in [1.82, 2.24) is 0 Å². The van der Waals surface area contributed by atoms with E-state index < -0.39 is 23.8 Å². The molecule has 0 saturated carbocycles. The van der Waals surface area contributed by atoms with E-state index in [0.29, 0.717) is 40.0 Å². The van der Waals surface area contributed by atoms with Crippen LogP contribution in [0.1, 0.15) is 81.1 Å². The summed E-state index contributed by atoms with van der Waals surface area (Å²) in [6.07, 6.45) is 7.78. The standard InChI is InChI=1S/C17H17Cl2NO3.C12H22O4/c1-3-22-10-23-17(21)12-6-4-5-7-14(12)20-16-13(18)9-8-11(2)15(16)19;1-2-3-4-5-6-7-8-9-10(11(13)14)12(15)16/h4-9,20H,3,10H2,1-2H3;10H,2-9H2,1H3,(H,13,14)(H,15,16).